The Kier molecular flexibility index (Phi) is 6.39. The SMILES string of the molecule is C=CCN(CCNC(C)=O)CC(=O)O. The molecule has 0 fully saturated rings. The summed E-state index contributed by atoms with van der Waals surface area (Å²) >= 11 is 0. The van der Waals surface area contributed by atoms with Crippen LogP contribution in [0.15, 0.2) is 12.7 Å². The van der Waals surface area contributed by atoms with Gasteiger partial charge in [-0.25, -0.2) is 0 Å². The maximum atomic E-state index is 10.5. The molecule has 0 aliphatic heterocycles. The molecule has 0 aromatic heterocycles. The van der Waals surface area contributed by atoms with Crippen molar-refractivity contribution in [1.29, 1.82) is 0 Å². The third-order valence-corrected chi connectivity index (χ3v) is 1.55. The average Bonchev–Trinajstić information content (AvgIpc) is 2.02. The van der Waals surface area contributed by atoms with Crippen molar-refractivity contribution in [1.82, 2.24) is 10.2 Å². The van der Waals surface area contributed by atoms with Crippen LogP contribution in [-0.2, 0) is 9.59 Å². The van der Waals surface area contributed by atoms with Crippen LogP contribution in [0.1, 0.15) is 6.92 Å². The van der Waals surface area contributed by atoms with Gasteiger partial charge in [-0.3, -0.25) is 14.5 Å². The summed E-state index contributed by atoms with van der Waals surface area (Å²) in [5.41, 5.74) is 0. The Bertz CT molecular complexity index is 216. The van der Waals surface area contributed by atoms with E-state index < -0.39 is 5.97 Å². The molecule has 0 aliphatic rings. The number of rotatable bonds is 7. The molecule has 0 aromatic carbocycles. The predicted octanol–water partition coefficient (Wildman–Crippen LogP) is -0.305. The molecule has 0 radical (unpaired) electrons. The second-order valence-electron chi connectivity index (χ2n) is 2.90. The van der Waals surface area contributed by atoms with Gasteiger partial charge >= 0.3 is 5.97 Å². The summed E-state index contributed by atoms with van der Waals surface area (Å²) in [5, 5.41) is 11.2. The Morgan fingerprint density at radius 1 is 1.57 bits per heavy atom. The van der Waals surface area contributed by atoms with Gasteiger partial charge in [0.25, 0.3) is 0 Å². The van der Waals surface area contributed by atoms with Crippen molar-refractivity contribution in [2.45, 2.75) is 6.92 Å². The maximum absolute atomic E-state index is 10.5. The van der Waals surface area contributed by atoms with Gasteiger partial charge in [-0.2, -0.15) is 0 Å². The number of carbonyl (C=O) groups is 2. The van der Waals surface area contributed by atoms with Crippen molar-refractivity contribution < 1.29 is 14.7 Å². The lowest BCUT2D eigenvalue weighted by Gasteiger charge is -2.17. The average molecular weight is 200 g/mol. The van der Waals surface area contributed by atoms with E-state index in [1.54, 1.807) is 11.0 Å². The number of aliphatic carboxylic acids is 1. The summed E-state index contributed by atoms with van der Waals surface area (Å²) < 4.78 is 0. The number of carboxylic acids is 1. The molecular formula is C9H16N2O3. The number of hydrogen-bond acceptors (Lipinski definition) is 3. The van der Waals surface area contributed by atoms with Gasteiger partial charge in [0.2, 0.25) is 5.91 Å². The largest absolute Gasteiger partial charge is 0.480 e. The summed E-state index contributed by atoms with van der Waals surface area (Å²) in [4.78, 5) is 22.6. The van der Waals surface area contributed by atoms with E-state index in [2.05, 4.69) is 11.9 Å². The van der Waals surface area contributed by atoms with E-state index in [1.165, 1.54) is 6.92 Å². The minimum atomic E-state index is -0.880. The molecule has 0 unspecified atom stereocenters. The van der Waals surface area contributed by atoms with Crippen LogP contribution in [-0.4, -0.2) is 48.1 Å². The Morgan fingerprint density at radius 2 is 2.21 bits per heavy atom. The minimum Gasteiger partial charge on any atom is -0.480 e. The highest BCUT2D eigenvalue weighted by molar-refractivity contribution is 5.72. The van der Waals surface area contributed by atoms with E-state index >= 15 is 0 Å². The Labute approximate surface area is 83.4 Å². The molecule has 0 aliphatic carbocycles. The van der Waals surface area contributed by atoms with Crippen LogP contribution in [0.5, 0.6) is 0 Å². The zero-order valence-corrected chi connectivity index (χ0v) is 8.32. The number of hydrogen-bond donors (Lipinski definition) is 2. The van der Waals surface area contributed by atoms with Crippen LogP contribution in [0, 0.1) is 0 Å². The maximum Gasteiger partial charge on any atom is 0.317 e. The summed E-state index contributed by atoms with van der Waals surface area (Å²) in [6, 6.07) is 0. The lowest BCUT2D eigenvalue weighted by molar-refractivity contribution is -0.138. The van der Waals surface area contributed by atoms with Crippen molar-refractivity contribution in [2.24, 2.45) is 0 Å². The monoisotopic (exact) mass is 200 g/mol. The molecule has 80 valence electrons. The van der Waals surface area contributed by atoms with Crippen molar-refractivity contribution in [2.75, 3.05) is 26.2 Å². The highest BCUT2D eigenvalue weighted by Crippen LogP contribution is 1.87. The minimum absolute atomic E-state index is 0.0361. The van der Waals surface area contributed by atoms with Crippen LogP contribution in [0.25, 0.3) is 0 Å². The zero-order valence-electron chi connectivity index (χ0n) is 8.32. The normalized spacial score (nSPS) is 9.86. The van der Waals surface area contributed by atoms with Gasteiger partial charge in [0.15, 0.2) is 0 Å². The van der Waals surface area contributed by atoms with Crippen LogP contribution in [0.4, 0.5) is 0 Å². The zero-order chi connectivity index (χ0) is 11.0. The summed E-state index contributed by atoms with van der Waals surface area (Å²) in [6.07, 6.45) is 1.64. The lowest BCUT2D eigenvalue weighted by atomic mass is 10.4. The van der Waals surface area contributed by atoms with Gasteiger partial charge in [0.05, 0.1) is 6.54 Å². The highest BCUT2D eigenvalue weighted by atomic mass is 16.4. The first-order chi connectivity index (χ1) is 6.56. The fourth-order valence-electron chi connectivity index (χ4n) is 0.999. The molecule has 0 saturated carbocycles. The molecule has 0 aromatic rings. The van der Waals surface area contributed by atoms with E-state index in [0.717, 1.165) is 0 Å². The molecule has 14 heavy (non-hydrogen) atoms. The fraction of sp³-hybridized carbons (Fsp3) is 0.556. The van der Waals surface area contributed by atoms with Crippen LogP contribution < -0.4 is 5.32 Å². The molecule has 5 heteroatoms. The lowest BCUT2D eigenvalue weighted by Crippen LogP contribution is -2.37. The molecule has 0 rings (SSSR count). The van der Waals surface area contributed by atoms with Crippen LogP contribution in [0.2, 0.25) is 0 Å². The topological polar surface area (TPSA) is 69.6 Å². The molecule has 0 atom stereocenters. The molecule has 5 nitrogen and oxygen atoms in total. The van der Waals surface area contributed by atoms with E-state index in [9.17, 15) is 9.59 Å². The van der Waals surface area contributed by atoms with Crippen molar-refractivity contribution >= 4 is 11.9 Å². The quantitative estimate of drug-likeness (QED) is 0.553. The number of amides is 1. The molecular weight excluding hydrogens is 184 g/mol. The van der Waals surface area contributed by atoms with E-state index in [0.29, 0.717) is 19.6 Å². The van der Waals surface area contributed by atoms with E-state index in [4.69, 9.17) is 5.11 Å². The molecule has 1 amide bonds. The fourth-order valence-corrected chi connectivity index (χ4v) is 0.999. The first kappa shape index (κ1) is 12.6. The number of carbonyl (C=O) groups excluding carboxylic acids is 1. The smallest absolute Gasteiger partial charge is 0.317 e. The van der Waals surface area contributed by atoms with Gasteiger partial charge in [-0.05, 0) is 0 Å². The molecule has 0 saturated heterocycles. The van der Waals surface area contributed by atoms with Gasteiger partial charge in [-0.1, -0.05) is 6.08 Å². The second-order valence-corrected chi connectivity index (χ2v) is 2.90. The molecule has 0 spiro atoms. The third-order valence-electron chi connectivity index (χ3n) is 1.55. The number of nitrogens with one attached hydrogen (secondary N) is 1. The van der Waals surface area contributed by atoms with Crippen molar-refractivity contribution in [3.63, 3.8) is 0 Å². The molecule has 0 heterocycles. The Hall–Kier alpha value is -1.36. The third kappa shape index (κ3) is 7.30. The van der Waals surface area contributed by atoms with Gasteiger partial charge < -0.3 is 10.4 Å². The second kappa shape index (κ2) is 7.08. The predicted molar refractivity (Wildman–Crippen MR) is 53.0 cm³/mol. The van der Waals surface area contributed by atoms with Gasteiger partial charge in [0.1, 0.15) is 0 Å². The van der Waals surface area contributed by atoms with Crippen LogP contribution >= 0.6 is 0 Å². The van der Waals surface area contributed by atoms with Crippen LogP contribution in [0.3, 0.4) is 0 Å². The standard InChI is InChI=1S/C9H16N2O3/c1-3-5-11(7-9(13)14)6-4-10-8(2)12/h3H,1,4-7H2,2H3,(H,10,12)(H,13,14). The number of nitrogens with zero attached hydrogens (tertiary/aromatic N) is 1. The van der Waals surface area contributed by atoms with Crippen molar-refractivity contribution in [3.05, 3.63) is 12.7 Å². The Morgan fingerprint density at radius 3 is 2.64 bits per heavy atom. The van der Waals surface area contributed by atoms with Crippen molar-refractivity contribution in [3.8, 4) is 0 Å². The Balaban J connectivity index is 3.77. The van der Waals surface area contributed by atoms with E-state index in [-0.39, 0.29) is 12.5 Å². The summed E-state index contributed by atoms with van der Waals surface area (Å²) in [6.45, 7) is 6.39. The first-order valence-corrected chi connectivity index (χ1v) is 4.35. The summed E-state index contributed by atoms with van der Waals surface area (Å²) in [5.74, 6) is -0.992. The highest BCUT2D eigenvalue weighted by Gasteiger charge is 2.07. The summed E-state index contributed by atoms with van der Waals surface area (Å²) in [7, 11) is 0. The van der Waals surface area contributed by atoms with Gasteiger partial charge in [0, 0.05) is 26.6 Å². The van der Waals surface area contributed by atoms with Gasteiger partial charge in [-0.15, -0.1) is 6.58 Å². The first-order valence-electron chi connectivity index (χ1n) is 4.35. The van der Waals surface area contributed by atoms with E-state index in [1.807, 2.05) is 0 Å². The molecule has 2 N–H and O–H groups in total. The molecule has 0 bridgehead atoms. The number of carboxylic acid groups (broad SMARTS) is 1.